The SMILES string of the molecule is CCOCCCNC(=O)[C@H](c1ccc(C)cc1)N(Cc1cccs1)C(=O)c1ccccn1. The van der Waals surface area contributed by atoms with Gasteiger partial charge >= 0.3 is 0 Å². The number of amides is 2. The minimum atomic E-state index is -0.778. The fourth-order valence-corrected chi connectivity index (χ4v) is 4.04. The second-order valence-electron chi connectivity index (χ2n) is 7.38. The number of hydrogen-bond donors (Lipinski definition) is 1. The summed E-state index contributed by atoms with van der Waals surface area (Å²) in [6.07, 6.45) is 2.30. The molecule has 1 atom stereocenters. The first-order chi connectivity index (χ1) is 15.6. The van der Waals surface area contributed by atoms with Gasteiger partial charge in [-0.2, -0.15) is 0 Å². The topological polar surface area (TPSA) is 71.5 Å². The second kappa shape index (κ2) is 12.1. The molecule has 7 heteroatoms. The molecule has 6 nitrogen and oxygen atoms in total. The van der Waals surface area contributed by atoms with E-state index in [0.717, 1.165) is 16.0 Å². The van der Waals surface area contributed by atoms with Crippen molar-refractivity contribution in [2.45, 2.75) is 32.9 Å². The van der Waals surface area contributed by atoms with Gasteiger partial charge in [-0.25, -0.2) is 0 Å². The Morgan fingerprint density at radius 2 is 1.94 bits per heavy atom. The predicted molar refractivity (Wildman–Crippen MR) is 126 cm³/mol. The zero-order valence-electron chi connectivity index (χ0n) is 18.5. The Kier molecular flexibility index (Phi) is 8.95. The summed E-state index contributed by atoms with van der Waals surface area (Å²) in [6, 6.07) is 16.1. The van der Waals surface area contributed by atoms with Crippen LogP contribution in [-0.4, -0.2) is 41.5 Å². The van der Waals surface area contributed by atoms with Gasteiger partial charge in [-0.15, -0.1) is 11.3 Å². The van der Waals surface area contributed by atoms with E-state index in [1.807, 2.05) is 55.6 Å². The van der Waals surface area contributed by atoms with Crippen LogP contribution >= 0.6 is 11.3 Å². The monoisotopic (exact) mass is 451 g/mol. The summed E-state index contributed by atoms with van der Waals surface area (Å²) < 4.78 is 5.36. The molecule has 0 spiro atoms. The molecule has 0 saturated heterocycles. The normalized spacial score (nSPS) is 11.7. The third-order valence-electron chi connectivity index (χ3n) is 4.97. The summed E-state index contributed by atoms with van der Waals surface area (Å²) in [6.45, 7) is 5.96. The molecule has 2 aromatic heterocycles. The van der Waals surface area contributed by atoms with Crippen LogP contribution in [0, 0.1) is 6.92 Å². The van der Waals surface area contributed by atoms with E-state index in [2.05, 4.69) is 10.3 Å². The maximum absolute atomic E-state index is 13.5. The molecule has 0 bridgehead atoms. The van der Waals surface area contributed by atoms with Gasteiger partial charge in [-0.3, -0.25) is 14.6 Å². The summed E-state index contributed by atoms with van der Waals surface area (Å²) in [4.78, 5) is 33.8. The summed E-state index contributed by atoms with van der Waals surface area (Å²) in [5, 5.41) is 4.96. The van der Waals surface area contributed by atoms with Crippen LogP contribution in [0.25, 0.3) is 0 Å². The van der Waals surface area contributed by atoms with Crippen LogP contribution < -0.4 is 5.32 Å². The summed E-state index contributed by atoms with van der Waals surface area (Å²) in [5.74, 6) is -0.500. The van der Waals surface area contributed by atoms with Crippen molar-refractivity contribution < 1.29 is 14.3 Å². The first kappa shape index (κ1) is 23.6. The highest BCUT2D eigenvalue weighted by molar-refractivity contribution is 7.09. The number of ether oxygens (including phenoxy) is 1. The minimum Gasteiger partial charge on any atom is -0.382 e. The number of nitrogens with one attached hydrogen (secondary N) is 1. The molecule has 0 fully saturated rings. The smallest absolute Gasteiger partial charge is 0.273 e. The lowest BCUT2D eigenvalue weighted by Crippen LogP contribution is -2.44. The Balaban J connectivity index is 1.93. The van der Waals surface area contributed by atoms with Crippen molar-refractivity contribution in [1.29, 1.82) is 0 Å². The number of thiophene rings is 1. The van der Waals surface area contributed by atoms with Crippen molar-refractivity contribution in [3.8, 4) is 0 Å². The first-order valence-electron chi connectivity index (χ1n) is 10.8. The first-order valence-corrected chi connectivity index (χ1v) is 11.6. The average molecular weight is 452 g/mol. The highest BCUT2D eigenvalue weighted by Crippen LogP contribution is 2.27. The number of benzene rings is 1. The molecule has 2 amide bonds. The molecule has 1 aromatic carbocycles. The standard InChI is InChI=1S/C25H29N3O3S/c1-3-31-16-7-15-27-24(29)23(20-12-10-19(2)11-13-20)28(18-21-8-6-17-32-21)25(30)22-9-4-5-14-26-22/h4-6,8-14,17,23H,3,7,15-16,18H2,1-2H3,(H,27,29)/t23-/m0/s1. The van der Waals surface area contributed by atoms with E-state index in [1.165, 1.54) is 0 Å². The van der Waals surface area contributed by atoms with Crippen LogP contribution in [0.5, 0.6) is 0 Å². The largest absolute Gasteiger partial charge is 0.382 e. The third kappa shape index (κ3) is 6.48. The number of hydrogen-bond acceptors (Lipinski definition) is 5. The fraction of sp³-hybridized carbons (Fsp3) is 0.320. The molecular weight excluding hydrogens is 422 g/mol. The molecule has 0 radical (unpaired) electrons. The molecule has 0 aliphatic rings. The summed E-state index contributed by atoms with van der Waals surface area (Å²) in [5.41, 5.74) is 2.16. The van der Waals surface area contributed by atoms with Crippen molar-refractivity contribution >= 4 is 23.2 Å². The Labute approximate surface area is 193 Å². The number of carbonyl (C=O) groups is 2. The Morgan fingerprint density at radius 1 is 1.12 bits per heavy atom. The minimum absolute atomic E-state index is 0.216. The zero-order chi connectivity index (χ0) is 22.8. The van der Waals surface area contributed by atoms with E-state index in [9.17, 15) is 9.59 Å². The van der Waals surface area contributed by atoms with Crippen molar-refractivity contribution in [2.75, 3.05) is 19.8 Å². The number of aromatic nitrogens is 1. The van der Waals surface area contributed by atoms with Gasteiger partial charge in [0.1, 0.15) is 11.7 Å². The van der Waals surface area contributed by atoms with Gasteiger partial charge in [0.2, 0.25) is 5.91 Å². The van der Waals surface area contributed by atoms with E-state index in [0.29, 0.717) is 38.4 Å². The van der Waals surface area contributed by atoms with E-state index >= 15 is 0 Å². The average Bonchev–Trinajstić information content (AvgIpc) is 3.33. The van der Waals surface area contributed by atoms with Crippen LogP contribution in [0.3, 0.4) is 0 Å². The van der Waals surface area contributed by atoms with Gasteiger partial charge in [0, 0.05) is 30.8 Å². The Morgan fingerprint density at radius 3 is 2.59 bits per heavy atom. The zero-order valence-corrected chi connectivity index (χ0v) is 19.3. The molecule has 32 heavy (non-hydrogen) atoms. The molecule has 168 valence electrons. The maximum Gasteiger partial charge on any atom is 0.273 e. The van der Waals surface area contributed by atoms with Crippen molar-refractivity contribution in [2.24, 2.45) is 0 Å². The lowest BCUT2D eigenvalue weighted by molar-refractivity contribution is -0.126. The van der Waals surface area contributed by atoms with Gasteiger partial charge in [0.25, 0.3) is 5.91 Å². The molecule has 3 rings (SSSR count). The molecule has 2 heterocycles. The molecular formula is C25H29N3O3S. The number of rotatable bonds is 11. The second-order valence-corrected chi connectivity index (χ2v) is 8.41. The Hall–Kier alpha value is -3.03. The van der Waals surface area contributed by atoms with Gasteiger partial charge in [0.05, 0.1) is 6.54 Å². The van der Waals surface area contributed by atoms with Crippen molar-refractivity contribution in [3.63, 3.8) is 0 Å². The molecule has 0 unspecified atom stereocenters. The fourth-order valence-electron chi connectivity index (χ4n) is 3.34. The van der Waals surface area contributed by atoms with Gasteiger partial charge in [0.15, 0.2) is 0 Å². The van der Waals surface area contributed by atoms with E-state index in [4.69, 9.17) is 4.74 Å². The van der Waals surface area contributed by atoms with E-state index in [1.54, 1.807) is 40.6 Å². The van der Waals surface area contributed by atoms with Crippen LogP contribution in [0.15, 0.2) is 66.2 Å². The van der Waals surface area contributed by atoms with Crippen LogP contribution in [-0.2, 0) is 16.1 Å². The molecule has 0 aliphatic heterocycles. The van der Waals surface area contributed by atoms with E-state index < -0.39 is 6.04 Å². The van der Waals surface area contributed by atoms with Crippen LogP contribution in [0.1, 0.15) is 45.9 Å². The summed E-state index contributed by atoms with van der Waals surface area (Å²) in [7, 11) is 0. The van der Waals surface area contributed by atoms with Crippen molar-refractivity contribution in [1.82, 2.24) is 15.2 Å². The highest BCUT2D eigenvalue weighted by atomic mass is 32.1. The third-order valence-corrected chi connectivity index (χ3v) is 5.83. The van der Waals surface area contributed by atoms with Gasteiger partial charge in [-0.05, 0) is 49.4 Å². The number of pyridine rings is 1. The highest BCUT2D eigenvalue weighted by Gasteiger charge is 2.32. The molecule has 0 aliphatic carbocycles. The lowest BCUT2D eigenvalue weighted by atomic mass is 10.0. The molecule has 3 aromatic rings. The van der Waals surface area contributed by atoms with Gasteiger partial charge in [-0.1, -0.05) is 42.0 Å². The Bertz CT molecular complexity index is 975. The molecule has 0 saturated carbocycles. The number of nitrogens with zero attached hydrogens (tertiary/aromatic N) is 2. The van der Waals surface area contributed by atoms with Crippen LogP contribution in [0.4, 0.5) is 0 Å². The number of aryl methyl sites for hydroxylation is 1. The maximum atomic E-state index is 13.5. The molecule has 1 N–H and O–H groups in total. The quantitative estimate of drug-likeness (QED) is 0.439. The van der Waals surface area contributed by atoms with Crippen molar-refractivity contribution in [3.05, 3.63) is 87.9 Å². The van der Waals surface area contributed by atoms with E-state index in [-0.39, 0.29) is 11.8 Å². The lowest BCUT2D eigenvalue weighted by Gasteiger charge is -2.31. The number of carbonyl (C=O) groups excluding carboxylic acids is 2. The summed E-state index contributed by atoms with van der Waals surface area (Å²) >= 11 is 1.56. The van der Waals surface area contributed by atoms with Crippen LogP contribution in [0.2, 0.25) is 0 Å². The predicted octanol–water partition coefficient (Wildman–Crippen LogP) is 4.38. The van der Waals surface area contributed by atoms with Gasteiger partial charge < -0.3 is 15.0 Å².